The van der Waals surface area contributed by atoms with Crippen LogP contribution in [0.15, 0.2) is 221 Å². The third-order valence-electron chi connectivity index (χ3n) is 13.7. The Morgan fingerprint density at radius 2 is 0.938 bits per heavy atom. The SMILES string of the molecule is CC1(C)c2ccccc2-c2cccc(-c3ccc(N(c4ccc(-c5ccc6oc7ccccc7c6c5)cc4)c4ccccc4-c4cccc5c4oc4cc6ccccc6cc45)cc3)c21. The van der Waals surface area contributed by atoms with Crippen LogP contribution in [-0.4, -0.2) is 0 Å². The van der Waals surface area contributed by atoms with Gasteiger partial charge >= 0.3 is 0 Å². The standard InChI is InChI=1S/C61H41NO2/c1-61(2)54-22-8-5-15-46(54)49-19-11-18-45(59(49)61)39-27-32-44(33-28-39)62(43-30-25-38(26-31-43)42-29-34-57-52(36-42)48-17-7-10-24-56(48)63-57)55-23-9-6-16-47(55)50-20-12-21-51-53-35-40-13-3-4-14-41(40)37-58(53)64-60(50)51/h3-37H,1-2H3. The first-order valence-electron chi connectivity index (χ1n) is 22.1. The summed E-state index contributed by atoms with van der Waals surface area (Å²) in [6.45, 7) is 4.72. The minimum absolute atomic E-state index is 0.118. The van der Waals surface area contributed by atoms with E-state index < -0.39 is 0 Å². The zero-order valence-electron chi connectivity index (χ0n) is 35.5. The van der Waals surface area contributed by atoms with E-state index in [0.717, 1.165) is 83.2 Å². The second-order valence-electron chi connectivity index (χ2n) is 17.6. The third kappa shape index (κ3) is 5.54. The van der Waals surface area contributed by atoms with Gasteiger partial charge in [-0.25, -0.2) is 0 Å². The zero-order chi connectivity index (χ0) is 42.5. The maximum absolute atomic E-state index is 6.82. The highest BCUT2D eigenvalue weighted by atomic mass is 16.3. The van der Waals surface area contributed by atoms with Crippen LogP contribution < -0.4 is 4.90 Å². The average Bonchev–Trinajstić information content (AvgIpc) is 3.98. The van der Waals surface area contributed by atoms with Gasteiger partial charge in [0.05, 0.1) is 5.69 Å². The van der Waals surface area contributed by atoms with Crippen molar-refractivity contribution in [3.05, 3.63) is 223 Å². The lowest BCUT2D eigenvalue weighted by molar-refractivity contribution is 0.662. The van der Waals surface area contributed by atoms with Crippen LogP contribution in [0.3, 0.4) is 0 Å². The molecule has 0 saturated carbocycles. The predicted octanol–water partition coefficient (Wildman–Crippen LogP) is 17.4. The first kappa shape index (κ1) is 36.5. The van der Waals surface area contributed by atoms with E-state index in [1.54, 1.807) is 0 Å². The van der Waals surface area contributed by atoms with Gasteiger partial charge in [0, 0.05) is 49.5 Å². The molecule has 302 valence electrons. The summed E-state index contributed by atoms with van der Waals surface area (Å²) >= 11 is 0. The molecule has 2 aromatic heterocycles. The van der Waals surface area contributed by atoms with Crippen LogP contribution in [0.25, 0.3) is 99.2 Å². The number of nitrogens with zero attached hydrogens (tertiary/aromatic N) is 1. The highest BCUT2D eigenvalue weighted by Crippen LogP contribution is 2.52. The smallest absolute Gasteiger partial charge is 0.143 e. The lowest BCUT2D eigenvalue weighted by Gasteiger charge is -2.28. The molecule has 0 bridgehead atoms. The Labute approximate surface area is 371 Å². The van der Waals surface area contributed by atoms with Gasteiger partial charge in [-0.1, -0.05) is 166 Å². The molecule has 2 heterocycles. The van der Waals surface area contributed by atoms with Crippen molar-refractivity contribution >= 4 is 71.7 Å². The fourth-order valence-electron chi connectivity index (χ4n) is 10.6. The number of anilines is 3. The molecule has 3 heteroatoms. The second-order valence-corrected chi connectivity index (χ2v) is 17.6. The fraction of sp³-hybridized carbons (Fsp3) is 0.0492. The summed E-state index contributed by atoms with van der Waals surface area (Å²) in [5.74, 6) is 0. The van der Waals surface area contributed by atoms with Crippen LogP contribution in [0.5, 0.6) is 0 Å². The van der Waals surface area contributed by atoms with Gasteiger partial charge in [0.15, 0.2) is 0 Å². The summed E-state index contributed by atoms with van der Waals surface area (Å²) in [5, 5.41) is 6.85. The first-order chi connectivity index (χ1) is 31.5. The fourth-order valence-corrected chi connectivity index (χ4v) is 10.6. The maximum atomic E-state index is 6.82. The van der Waals surface area contributed by atoms with Crippen LogP contribution in [0.2, 0.25) is 0 Å². The van der Waals surface area contributed by atoms with Crippen molar-refractivity contribution in [2.24, 2.45) is 0 Å². The molecule has 0 spiro atoms. The minimum Gasteiger partial charge on any atom is -0.456 e. The van der Waals surface area contributed by atoms with Crippen molar-refractivity contribution in [2.75, 3.05) is 4.90 Å². The molecule has 1 aliphatic carbocycles. The van der Waals surface area contributed by atoms with Crippen LogP contribution in [0.4, 0.5) is 17.1 Å². The first-order valence-corrected chi connectivity index (χ1v) is 22.1. The molecule has 64 heavy (non-hydrogen) atoms. The Morgan fingerprint density at radius 1 is 0.359 bits per heavy atom. The number of para-hydroxylation sites is 3. The number of fused-ring (bicyclic) bond motifs is 10. The molecule has 0 fully saturated rings. The average molecular weight is 820 g/mol. The Morgan fingerprint density at radius 3 is 1.77 bits per heavy atom. The van der Waals surface area contributed by atoms with Gasteiger partial charge in [0.2, 0.25) is 0 Å². The van der Waals surface area contributed by atoms with Gasteiger partial charge in [-0.2, -0.15) is 0 Å². The van der Waals surface area contributed by atoms with E-state index in [1.165, 1.54) is 44.2 Å². The van der Waals surface area contributed by atoms with Crippen molar-refractivity contribution in [3.63, 3.8) is 0 Å². The molecule has 13 rings (SSSR count). The molecular weight excluding hydrogens is 779 g/mol. The zero-order valence-corrected chi connectivity index (χ0v) is 35.5. The van der Waals surface area contributed by atoms with E-state index in [-0.39, 0.29) is 5.41 Å². The Bertz CT molecular complexity index is 3810. The van der Waals surface area contributed by atoms with E-state index in [0.29, 0.717) is 0 Å². The Kier molecular flexibility index (Phi) is 7.95. The number of hydrogen-bond donors (Lipinski definition) is 0. The lowest BCUT2D eigenvalue weighted by atomic mass is 9.79. The van der Waals surface area contributed by atoms with Crippen molar-refractivity contribution in [1.29, 1.82) is 0 Å². The quantitative estimate of drug-likeness (QED) is 0.167. The molecule has 0 atom stereocenters. The minimum atomic E-state index is -0.118. The Balaban J connectivity index is 0.961. The van der Waals surface area contributed by atoms with Crippen LogP contribution in [0.1, 0.15) is 25.0 Å². The summed E-state index contributed by atoms with van der Waals surface area (Å²) < 4.78 is 13.0. The largest absolute Gasteiger partial charge is 0.456 e. The summed E-state index contributed by atoms with van der Waals surface area (Å²) in [6.07, 6.45) is 0. The van der Waals surface area contributed by atoms with E-state index >= 15 is 0 Å². The number of rotatable bonds is 6. The normalized spacial score (nSPS) is 13.0. The molecule has 0 amide bonds. The van der Waals surface area contributed by atoms with Crippen molar-refractivity contribution in [2.45, 2.75) is 19.3 Å². The van der Waals surface area contributed by atoms with Gasteiger partial charge in [0.1, 0.15) is 22.3 Å². The van der Waals surface area contributed by atoms with Crippen molar-refractivity contribution in [1.82, 2.24) is 0 Å². The Hall–Kier alpha value is -8.14. The summed E-state index contributed by atoms with van der Waals surface area (Å²) in [6, 6.07) is 76.7. The van der Waals surface area contributed by atoms with Gasteiger partial charge in [-0.05, 0) is 116 Å². The molecule has 0 N–H and O–H groups in total. The molecule has 1 aliphatic rings. The van der Waals surface area contributed by atoms with Crippen LogP contribution in [0, 0.1) is 0 Å². The highest BCUT2D eigenvalue weighted by Gasteiger charge is 2.37. The molecule has 12 aromatic rings. The van der Waals surface area contributed by atoms with Gasteiger partial charge in [0.25, 0.3) is 0 Å². The number of benzene rings is 10. The summed E-state index contributed by atoms with van der Waals surface area (Å²) in [5.41, 5.74) is 19.0. The second kappa shape index (κ2) is 13.9. The predicted molar refractivity (Wildman–Crippen MR) is 267 cm³/mol. The maximum Gasteiger partial charge on any atom is 0.143 e. The third-order valence-corrected chi connectivity index (χ3v) is 13.7. The number of hydrogen-bond acceptors (Lipinski definition) is 3. The molecule has 0 saturated heterocycles. The number of furan rings is 2. The lowest BCUT2D eigenvalue weighted by Crippen LogP contribution is -2.16. The van der Waals surface area contributed by atoms with Crippen molar-refractivity contribution < 1.29 is 8.83 Å². The van der Waals surface area contributed by atoms with E-state index in [2.05, 4.69) is 219 Å². The van der Waals surface area contributed by atoms with E-state index in [1.807, 2.05) is 12.1 Å². The monoisotopic (exact) mass is 819 g/mol. The summed E-state index contributed by atoms with van der Waals surface area (Å²) in [7, 11) is 0. The molecule has 10 aromatic carbocycles. The molecule has 3 nitrogen and oxygen atoms in total. The molecular formula is C61H41NO2. The summed E-state index contributed by atoms with van der Waals surface area (Å²) in [4.78, 5) is 2.39. The highest BCUT2D eigenvalue weighted by molar-refractivity contribution is 6.14. The topological polar surface area (TPSA) is 29.5 Å². The van der Waals surface area contributed by atoms with Gasteiger partial charge in [-0.3, -0.25) is 0 Å². The van der Waals surface area contributed by atoms with Gasteiger partial charge in [-0.15, -0.1) is 0 Å². The van der Waals surface area contributed by atoms with E-state index in [9.17, 15) is 0 Å². The molecule has 0 unspecified atom stereocenters. The van der Waals surface area contributed by atoms with Crippen molar-refractivity contribution in [3.8, 4) is 44.5 Å². The van der Waals surface area contributed by atoms with E-state index in [4.69, 9.17) is 8.83 Å². The molecule has 0 radical (unpaired) electrons. The van der Waals surface area contributed by atoms with Gasteiger partial charge < -0.3 is 13.7 Å². The van der Waals surface area contributed by atoms with Crippen LogP contribution >= 0.6 is 0 Å². The van der Waals surface area contributed by atoms with Crippen LogP contribution in [-0.2, 0) is 5.41 Å². The molecule has 0 aliphatic heterocycles.